The van der Waals surface area contributed by atoms with Crippen LogP contribution < -0.4 is 28.7 Å². The van der Waals surface area contributed by atoms with Gasteiger partial charge in [-0.15, -0.1) is 11.3 Å². The Morgan fingerprint density at radius 2 is 0.793 bits per heavy atom. The number of benzene rings is 7. The van der Waals surface area contributed by atoms with E-state index in [1.54, 1.807) is 25.1 Å². The van der Waals surface area contributed by atoms with Gasteiger partial charge in [0.2, 0.25) is 0 Å². The number of aromatic nitrogens is 4. The van der Waals surface area contributed by atoms with Crippen LogP contribution in [0.1, 0.15) is 179 Å². The van der Waals surface area contributed by atoms with E-state index in [1.807, 2.05) is 24.3 Å². The van der Waals surface area contributed by atoms with Gasteiger partial charge in [0, 0.05) is 182 Å². The number of hydrogen-bond donors (Lipinski definition) is 6. The maximum absolute atomic E-state index is 14.1. The molecule has 0 spiro atoms. The van der Waals surface area contributed by atoms with E-state index in [0.29, 0.717) is 158 Å². The van der Waals surface area contributed by atoms with Crippen molar-refractivity contribution in [2.75, 3.05) is 57.6 Å². The summed E-state index contributed by atoms with van der Waals surface area (Å²) >= 11 is 1.30. The van der Waals surface area contributed by atoms with Crippen LogP contribution in [0.15, 0.2) is 138 Å². The van der Waals surface area contributed by atoms with Crippen LogP contribution >= 0.6 is 11.3 Å². The number of hydrogen-bond acceptors (Lipinski definition) is 27. The van der Waals surface area contributed by atoms with Gasteiger partial charge in [0.1, 0.15) is 93.6 Å². The Morgan fingerprint density at radius 1 is 0.429 bits per heavy atom. The normalized spacial score (nSPS) is 26.3. The quantitative estimate of drug-likeness (QED) is 0.0519. The van der Waals surface area contributed by atoms with Gasteiger partial charge in [0.05, 0.1) is 78.5 Å². The molecule has 3 aromatic heterocycles. The molecule has 11 N–H and O–H groups in total. The minimum atomic E-state index is -3.48. The number of sulfone groups is 2. The first-order chi connectivity index (χ1) is 66.3. The van der Waals surface area contributed by atoms with Crippen LogP contribution in [-0.2, 0) is 141 Å². The standard InChI is InChI=1S/C21H24F2N2O3S.C20H22F2N2O3S.C19H22F2N4O3S.C18H22F2N4O3S.C18H18F2N2O3S/c1-29(26,27)12-13-2-3-14-9-25(10-15(14)6-13)17-8-20(24)21(28-11-17)18-7-16(22)4-5-19(18)23;1-28(25,26)16-4-2-12-9-24(10-13(12)6-16)15-8-19(23)20(27-11-15)17-7-14(21)3-5-18(17)22;20-11-3-4-15(21)13(6-11)19-16(22)7-12(10-28-19)24-8-14-17(9-24)23-25-18(14)2-1-5-29(25,26)27;1-10-14-7-23(8-17(14)24(22-10)28(2,25)26)12-6-16(21)18(27-9-12)13-5-11(19)3-4-15(13)20;19-10-1-2-13(20)12(4-10)17-14(21)5-11(8-25-17)22-6-9-3-15(18(23)24)26-16(9)7-22/h2-7,17,20-21H,8-12,24H2,1H3;2-7,15,19-20H,8-11,23H2,1H3;3-4,6,12,16,19H,1-2,5,7-10,22H2;3-5,12,16,18H,6-9,21H2,1-2H3;1-4,11,14,17H,5-8,21H2,(H,23,24)/t17-,20+,21-;15-,19+,20-;12-,16+,19-;12-,16+,18-;11-,14+,17-/m11111/s1. The minimum absolute atomic E-state index is 0.00733. The molecule has 29 nitrogen and oxygen atoms in total. The first kappa shape index (κ1) is 102. The molecule has 0 unspecified atom stereocenters. The second kappa shape index (κ2) is 41.4. The van der Waals surface area contributed by atoms with Gasteiger partial charge in [-0.25, -0.2) is 82.4 Å². The van der Waals surface area contributed by atoms with Crippen molar-refractivity contribution >= 4 is 57.0 Å². The molecule has 21 rings (SSSR count). The Morgan fingerprint density at radius 3 is 1.17 bits per heavy atom. The number of halogens is 10. The molecule has 15 atom stereocenters. The summed E-state index contributed by atoms with van der Waals surface area (Å²) in [6.07, 6.45) is 4.29. The lowest BCUT2D eigenvalue weighted by Gasteiger charge is -2.38. The molecular formula is C96H108F10N14O15S5. The van der Waals surface area contributed by atoms with Gasteiger partial charge in [-0.05, 0) is 194 Å². The molecule has 44 heteroatoms. The molecule has 11 aliphatic heterocycles. The van der Waals surface area contributed by atoms with Crippen molar-refractivity contribution in [2.45, 2.75) is 219 Å². The summed E-state index contributed by atoms with van der Waals surface area (Å²) in [6.45, 7) is 9.63. The van der Waals surface area contributed by atoms with E-state index >= 15 is 0 Å². The Labute approximate surface area is 807 Å². The molecular weight excluding hydrogens is 1940 g/mol. The summed E-state index contributed by atoms with van der Waals surface area (Å²) in [5.41, 5.74) is 42.9. The van der Waals surface area contributed by atoms with Crippen molar-refractivity contribution in [1.82, 2.24) is 42.9 Å². The first-order valence-electron chi connectivity index (χ1n) is 45.7. The second-order valence-electron chi connectivity index (χ2n) is 37.9. The fourth-order valence-electron chi connectivity index (χ4n) is 20.8. The lowest BCUT2D eigenvalue weighted by atomic mass is 9.93. The average molecular weight is 2050 g/mol. The fraction of sp³-hybridized carbons (Fsp3) is 0.448. The molecule has 10 aromatic rings. The highest BCUT2D eigenvalue weighted by atomic mass is 32.2. The topological polar surface area (TPSA) is 402 Å². The number of rotatable bonds is 15. The van der Waals surface area contributed by atoms with E-state index in [4.69, 9.17) is 57.5 Å². The lowest BCUT2D eigenvalue weighted by molar-refractivity contribution is -0.0533. The van der Waals surface area contributed by atoms with Crippen LogP contribution in [0, 0.1) is 65.1 Å². The molecule has 0 amide bonds. The molecule has 11 aliphatic rings. The van der Waals surface area contributed by atoms with Crippen LogP contribution in [0.5, 0.6) is 0 Å². The third kappa shape index (κ3) is 22.6. The molecule has 0 bridgehead atoms. The Balaban J connectivity index is 0.000000121. The van der Waals surface area contributed by atoms with E-state index in [-0.39, 0.29) is 69.5 Å². The zero-order chi connectivity index (χ0) is 99.8. The van der Waals surface area contributed by atoms with E-state index in [2.05, 4.69) is 34.7 Å². The van der Waals surface area contributed by atoms with Gasteiger partial charge in [-0.1, -0.05) is 24.3 Å². The van der Waals surface area contributed by atoms with Gasteiger partial charge in [-0.2, -0.15) is 18.4 Å². The van der Waals surface area contributed by atoms with Gasteiger partial charge in [0.15, 0.2) is 19.7 Å². The van der Waals surface area contributed by atoms with Crippen LogP contribution in [0.4, 0.5) is 43.9 Å². The third-order valence-corrected chi connectivity index (χ3v) is 33.4. The number of aryl methyl sites for hydroxylation is 1. The number of nitrogens with zero attached hydrogens (tertiary/aromatic N) is 9. The van der Waals surface area contributed by atoms with Crippen molar-refractivity contribution in [2.24, 2.45) is 28.7 Å². The molecule has 0 radical (unpaired) electrons. The van der Waals surface area contributed by atoms with Gasteiger partial charge in [0.25, 0.3) is 20.0 Å². The van der Waals surface area contributed by atoms with Gasteiger partial charge < -0.3 is 57.5 Å². The van der Waals surface area contributed by atoms with Crippen molar-refractivity contribution in [3.63, 3.8) is 0 Å². The Hall–Kier alpha value is -9.37. The van der Waals surface area contributed by atoms with Gasteiger partial charge in [-0.3, -0.25) is 24.5 Å². The van der Waals surface area contributed by atoms with E-state index < -0.39 is 165 Å². The summed E-state index contributed by atoms with van der Waals surface area (Å²) < 4.78 is 264. The largest absolute Gasteiger partial charge is 0.477 e. The number of thiophene rings is 1. The average Bonchev–Trinajstić information content (AvgIpc) is 1.56. The summed E-state index contributed by atoms with van der Waals surface area (Å²) in [5, 5.41) is 17.6. The summed E-state index contributed by atoms with van der Waals surface area (Å²) in [7, 11) is -13.2. The molecule has 5 saturated heterocycles. The molecule has 140 heavy (non-hydrogen) atoms. The van der Waals surface area contributed by atoms with Crippen molar-refractivity contribution < 1.29 is 111 Å². The number of fused-ring (bicyclic) bond motifs is 7. The van der Waals surface area contributed by atoms with E-state index in [0.717, 1.165) is 169 Å². The molecule has 5 fully saturated rings. The van der Waals surface area contributed by atoms with Crippen molar-refractivity contribution in [3.05, 3.63) is 296 Å². The Bertz CT molecular complexity index is 6830. The zero-order valence-corrected chi connectivity index (χ0v) is 80.8. The van der Waals surface area contributed by atoms with E-state index in [9.17, 15) is 82.4 Å². The summed E-state index contributed by atoms with van der Waals surface area (Å²) in [6, 6.07) is 26.9. The number of carboxylic acids is 1. The van der Waals surface area contributed by atoms with Crippen LogP contribution in [-0.4, -0.2) is 206 Å². The molecule has 14 heterocycles. The van der Waals surface area contributed by atoms with Crippen LogP contribution in [0.25, 0.3) is 0 Å². The number of ether oxygens (including phenoxy) is 5. The molecule has 0 aliphatic carbocycles. The monoisotopic (exact) mass is 2050 g/mol. The summed E-state index contributed by atoms with van der Waals surface area (Å²) in [4.78, 5) is 23.7. The molecule has 752 valence electrons. The first-order valence-corrected chi connectivity index (χ1v) is 53.9. The smallest absolute Gasteiger partial charge is 0.345 e. The minimum Gasteiger partial charge on any atom is -0.477 e. The fourth-order valence-corrected chi connectivity index (χ4v) is 25.5. The molecule has 7 aromatic carbocycles. The van der Waals surface area contributed by atoms with Crippen molar-refractivity contribution in [3.8, 4) is 0 Å². The number of carbonyl (C=O) groups is 1. The number of nitrogens with two attached hydrogens (primary N) is 5. The maximum Gasteiger partial charge on any atom is 0.345 e. The number of aromatic carboxylic acids is 1. The molecule has 0 saturated carbocycles. The second-order valence-corrected chi connectivity index (χ2v) is 46.9. The highest BCUT2D eigenvalue weighted by Gasteiger charge is 2.46. The predicted molar refractivity (Wildman–Crippen MR) is 496 cm³/mol. The predicted octanol–water partition coefficient (Wildman–Crippen LogP) is 11.0. The van der Waals surface area contributed by atoms with Crippen molar-refractivity contribution in [1.29, 1.82) is 0 Å². The van der Waals surface area contributed by atoms with E-state index in [1.165, 1.54) is 27.9 Å². The zero-order valence-electron chi connectivity index (χ0n) is 76.7. The third-order valence-electron chi connectivity index (χ3n) is 27.8. The SMILES string of the molecule is CS(=O)(=O)Cc1ccc2c(c1)CN([C@H]1CO[C@H](c3cc(F)ccc3F)[C@@H](N)C1)C2.CS(=O)(=O)c1ccc2c(c1)CN([C@H]1CO[C@H](c3cc(F)ccc3F)[C@@H](N)C1)C2.Cc1nn(S(C)(=O)=O)c2c1CN([C@H]1CO[C@H](c3cc(F)ccc3F)[C@@H](N)C1)C2.N[C@H]1C[C@@H](N2Cc3cc(C(=O)O)sc3C2)CO[C@@H]1c1cc(F)ccc1F.N[C@H]1C[C@@H](N2Cc3nn4c(c3C2)CCCS4(=O)=O)CO[C@@H]1c1cc(F)ccc1F. The lowest BCUT2D eigenvalue weighted by Crippen LogP contribution is -2.48. The number of carboxylic acid groups (broad SMARTS) is 1. The highest BCUT2D eigenvalue weighted by molar-refractivity contribution is 7.91. The highest BCUT2D eigenvalue weighted by Crippen LogP contribution is 2.44. The van der Waals surface area contributed by atoms with Crippen LogP contribution in [0.3, 0.4) is 0 Å². The summed E-state index contributed by atoms with van der Waals surface area (Å²) in [5.74, 6) is -5.99. The van der Waals surface area contributed by atoms with Crippen LogP contribution in [0.2, 0.25) is 0 Å². The van der Waals surface area contributed by atoms with Gasteiger partial charge >= 0.3 is 5.97 Å². The maximum atomic E-state index is 14.1. The Kier molecular flexibility index (Phi) is 30.2.